The molecule has 0 bridgehead atoms. The van der Waals surface area contributed by atoms with E-state index in [2.05, 4.69) is 10.0 Å². The SMILES string of the molecule is COC(=O)c1cc(OC)c(OC)cc1NC(=O)COc1ccc(S(=O)(=O)Nc2ccc(OC)cc2)cc1Cl. The Hall–Kier alpha value is -4.16. The number of anilines is 2. The van der Waals surface area contributed by atoms with Crippen LogP contribution in [0.3, 0.4) is 0 Å². The van der Waals surface area contributed by atoms with E-state index in [0.29, 0.717) is 11.4 Å². The number of ether oxygens (including phenoxy) is 5. The maximum absolute atomic E-state index is 12.7. The van der Waals surface area contributed by atoms with Gasteiger partial charge in [0.05, 0.1) is 49.6 Å². The van der Waals surface area contributed by atoms with Crippen LogP contribution in [0, 0.1) is 0 Å². The van der Waals surface area contributed by atoms with Crippen LogP contribution in [0.4, 0.5) is 11.4 Å². The van der Waals surface area contributed by atoms with Gasteiger partial charge in [-0.25, -0.2) is 13.2 Å². The van der Waals surface area contributed by atoms with Crippen molar-refractivity contribution < 1.29 is 41.7 Å². The standard InChI is InChI=1S/C25H25ClN2O9S/c1-33-16-7-5-15(6-8-16)28-38(31,32)17-9-10-21(19(26)11-17)37-14-24(29)27-20-13-23(35-3)22(34-2)12-18(20)25(30)36-4/h5-13,28H,14H2,1-4H3,(H,27,29). The number of benzene rings is 3. The number of hydrogen-bond acceptors (Lipinski definition) is 9. The topological polar surface area (TPSA) is 138 Å². The van der Waals surface area contributed by atoms with E-state index in [1.807, 2.05) is 0 Å². The number of nitrogens with one attached hydrogen (secondary N) is 2. The number of rotatable bonds is 11. The number of halogens is 1. The maximum Gasteiger partial charge on any atom is 0.340 e. The Morgan fingerprint density at radius 3 is 2.08 bits per heavy atom. The van der Waals surface area contributed by atoms with Crippen molar-refractivity contribution in [3.63, 3.8) is 0 Å². The van der Waals surface area contributed by atoms with Gasteiger partial charge in [0, 0.05) is 17.8 Å². The molecule has 0 saturated carbocycles. The van der Waals surface area contributed by atoms with Crippen molar-refractivity contribution in [1.82, 2.24) is 0 Å². The number of carbonyl (C=O) groups is 2. The molecule has 3 aromatic rings. The summed E-state index contributed by atoms with van der Waals surface area (Å²) in [6.07, 6.45) is 0. The number of carbonyl (C=O) groups excluding carboxylic acids is 2. The van der Waals surface area contributed by atoms with Gasteiger partial charge in [0.15, 0.2) is 18.1 Å². The Balaban J connectivity index is 1.70. The van der Waals surface area contributed by atoms with Gasteiger partial charge in [-0.1, -0.05) is 11.6 Å². The first kappa shape index (κ1) is 28.4. The van der Waals surface area contributed by atoms with Crippen LogP contribution in [0.5, 0.6) is 23.0 Å². The summed E-state index contributed by atoms with van der Waals surface area (Å²) in [7, 11) is 1.57. The molecule has 0 aliphatic rings. The summed E-state index contributed by atoms with van der Waals surface area (Å²) in [5, 5.41) is 2.52. The number of esters is 1. The second kappa shape index (κ2) is 12.4. The molecule has 0 radical (unpaired) electrons. The Morgan fingerprint density at radius 2 is 1.50 bits per heavy atom. The first-order chi connectivity index (χ1) is 18.1. The quantitative estimate of drug-likeness (QED) is 0.331. The molecule has 0 spiro atoms. The number of sulfonamides is 1. The van der Waals surface area contributed by atoms with Crippen molar-refractivity contribution in [2.75, 3.05) is 45.1 Å². The van der Waals surface area contributed by atoms with Crippen LogP contribution in [-0.4, -0.2) is 55.3 Å². The zero-order chi connectivity index (χ0) is 27.9. The van der Waals surface area contributed by atoms with Gasteiger partial charge in [-0.2, -0.15) is 0 Å². The van der Waals surface area contributed by atoms with Crippen LogP contribution in [0.1, 0.15) is 10.4 Å². The Kier molecular flexibility index (Phi) is 9.26. The number of methoxy groups -OCH3 is 4. The monoisotopic (exact) mass is 564 g/mol. The van der Waals surface area contributed by atoms with Gasteiger partial charge in [0.25, 0.3) is 15.9 Å². The number of hydrogen-bond donors (Lipinski definition) is 2. The largest absolute Gasteiger partial charge is 0.497 e. The third-order valence-electron chi connectivity index (χ3n) is 5.12. The normalized spacial score (nSPS) is 10.8. The molecule has 0 saturated heterocycles. The van der Waals surface area contributed by atoms with E-state index < -0.39 is 28.5 Å². The highest BCUT2D eigenvalue weighted by Crippen LogP contribution is 2.34. The third kappa shape index (κ3) is 6.78. The summed E-state index contributed by atoms with van der Waals surface area (Å²) in [6, 6.07) is 12.9. The molecular weight excluding hydrogens is 540 g/mol. The zero-order valence-electron chi connectivity index (χ0n) is 20.9. The highest BCUT2D eigenvalue weighted by atomic mass is 35.5. The summed E-state index contributed by atoms with van der Waals surface area (Å²) in [5.41, 5.74) is 0.483. The van der Waals surface area contributed by atoms with Crippen molar-refractivity contribution in [1.29, 1.82) is 0 Å². The average molecular weight is 565 g/mol. The molecular formula is C25H25ClN2O9S. The lowest BCUT2D eigenvalue weighted by molar-refractivity contribution is -0.118. The first-order valence-electron chi connectivity index (χ1n) is 10.8. The van der Waals surface area contributed by atoms with E-state index in [1.165, 1.54) is 58.8 Å². The fraction of sp³-hybridized carbons (Fsp3) is 0.200. The van der Waals surface area contributed by atoms with Crippen molar-refractivity contribution in [3.05, 3.63) is 65.2 Å². The summed E-state index contributed by atoms with van der Waals surface area (Å²) >= 11 is 6.22. The zero-order valence-corrected chi connectivity index (χ0v) is 22.4. The molecule has 3 aromatic carbocycles. The van der Waals surface area contributed by atoms with E-state index in [4.69, 9.17) is 35.3 Å². The summed E-state index contributed by atoms with van der Waals surface area (Å²) < 4.78 is 53.6. The van der Waals surface area contributed by atoms with Crippen LogP contribution in [0.15, 0.2) is 59.5 Å². The fourth-order valence-corrected chi connectivity index (χ4v) is 4.61. The van der Waals surface area contributed by atoms with Gasteiger partial charge < -0.3 is 29.0 Å². The van der Waals surface area contributed by atoms with Crippen LogP contribution in [0.2, 0.25) is 5.02 Å². The van der Waals surface area contributed by atoms with E-state index in [9.17, 15) is 18.0 Å². The van der Waals surface area contributed by atoms with E-state index in [0.717, 1.165) is 0 Å². The minimum absolute atomic E-state index is 0.0308. The first-order valence-corrected chi connectivity index (χ1v) is 12.7. The average Bonchev–Trinajstić information content (AvgIpc) is 2.91. The summed E-state index contributed by atoms with van der Waals surface area (Å²) in [4.78, 5) is 24.6. The number of amides is 1. The molecule has 0 aliphatic heterocycles. The smallest absolute Gasteiger partial charge is 0.340 e. The highest BCUT2D eigenvalue weighted by Gasteiger charge is 2.20. The van der Waals surface area contributed by atoms with E-state index >= 15 is 0 Å². The molecule has 11 nitrogen and oxygen atoms in total. The Bertz CT molecular complexity index is 1430. The van der Waals surface area contributed by atoms with Gasteiger partial charge in [-0.15, -0.1) is 0 Å². The van der Waals surface area contributed by atoms with Crippen LogP contribution >= 0.6 is 11.6 Å². The van der Waals surface area contributed by atoms with Crippen molar-refractivity contribution in [2.45, 2.75) is 4.90 Å². The molecule has 38 heavy (non-hydrogen) atoms. The van der Waals surface area contributed by atoms with Gasteiger partial charge in [0.1, 0.15) is 11.5 Å². The molecule has 0 aromatic heterocycles. The molecule has 2 N–H and O–H groups in total. The lowest BCUT2D eigenvalue weighted by Gasteiger charge is -2.15. The van der Waals surface area contributed by atoms with E-state index in [1.54, 1.807) is 24.3 Å². The predicted octanol–water partition coefficient (Wildman–Crippen LogP) is 3.97. The second-order valence-electron chi connectivity index (χ2n) is 7.51. The van der Waals surface area contributed by atoms with Crippen molar-refractivity contribution in [3.8, 4) is 23.0 Å². The second-order valence-corrected chi connectivity index (χ2v) is 9.60. The Morgan fingerprint density at radius 1 is 0.842 bits per heavy atom. The molecule has 13 heteroatoms. The summed E-state index contributed by atoms with van der Waals surface area (Å²) in [6.45, 7) is -0.495. The van der Waals surface area contributed by atoms with Gasteiger partial charge in [-0.3, -0.25) is 9.52 Å². The van der Waals surface area contributed by atoms with Crippen molar-refractivity contribution in [2.24, 2.45) is 0 Å². The molecule has 0 fully saturated rings. The minimum atomic E-state index is -3.95. The maximum atomic E-state index is 12.7. The summed E-state index contributed by atoms with van der Waals surface area (Å²) in [5.74, 6) is -0.133. The van der Waals surface area contributed by atoms with Gasteiger partial charge >= 0.3 is 5.97 Å². The lowest BCUT2D eigenvalue weighted by atomic mass is 10.1. The van der Waals surface area contributed by atoms with Gasteiger partial charge in [0.2, 0.25) is 0 Å². The molecule has 0 heterocycles. The molecule has 1 amide bonds. The molecule has 202 valence electrons. The fourth-order valence-electron chi connectivity index (χ4n) is 3.23. The van der Waals surface area contributed by atoms with Crippen LogP contribution in [-0.2, 0) is 19.6 Å². The molecule has 0 atom stereocenters. The lowest BCUT2D eigenvalue weighted by Crippen LogP contribution is -2.22. The predicted molar refractivity (Wildman–Crippen MR) is 140 cm³/mol. The molecule has 0 aliphatic carbocycles. The highest BCUT2D eigenvalue weighted by molar-refractivity contribution is 7.92. The molecule has 3 rings (SSSR count). The van der Waals surface area contributed by atoms with Gasteiger partial charge in [-0.05, 0) is 42.5 Å². The Labute approximate surface area is 224 Å². The van der Waals surface area contributed by atoms with Crippen LogP contribution < -0.4 is 29.0 Å². The minimum Gasteiger partial charge on any atom is -0.497 e. The molecule has 0 unspecified atom stereocenters. The van der Waals surface area contributed by atoms with Crippen LogP contribution in [0.25, 0.3) is 0 Å². The third-order valence-corrected chi connectivity index (χ3v) is 6.79. The van der Waals surface area contributed by atoms with Crippen molar-refractivity contribution >= 4 is 44.9 Å². The van der Waals surface area contributed by atoms with E-state index in [-0.39, 0.29) is 38.4 Å².